The third-order valence-electron chi connectivity index (χ3n) is 4.39. The van der Waals surface area contributed by atoms with Gasteiger partial charge in [-0.2, -0.15) is 4.31 Å². The number of benzene rings is 1. The summed E-state index contributed by atoms with van der Waals surface area (Å²) in [6, 6.07) is 4.52. The number of carbonyl (C=O) groups is 1. The van der Waals surface area contributed by atoms with Gasteiger partial charge < -0.3 is 14.8 Å². The molecule has 7 nitrogen and oxygen atoms in total. The molecule has 0 atom stereocenters. The van der Waals surface area contributed by atoms with E-state index in [1.807, 2.05) is 13.8 Å². The Hall–Kier alpha value is -1.64. The van der Waals surface area contributed by atoms with Gasteiger partial charge in [0.2, 0.25) is 15.9 Å². The molecule has 1 saturated heterocycles. The first-order valence-electron chi connectivity index (χ1n) is 8.50. The van der Waals surface area contributed by atoms with Crippen molar-refractivity contribution in [2.24, 2.45) is 5.92 Å². The molecule has 140 valence electrons. The topological polar surface area (TPSA) is 84.9 Å². The monoisotopic (exact) mass is 370 g/mol. The van der Waals surface area contributed by atoms with Gasteiger partial charge in [-0.05, 0) is 31.0 Å². The molecule has 1 aliphatic rings. The number of anilines is 1. The van der Waals surface area contributed by atoms with E-state index in [0.717, 1.165) is 12.8 Å². The van der Waals surface area contributed by atoms with Gasteiger partial charge in [-0.3, -0.25) is 4.79 Å². The van der Waals surface area contributed by atoms with Crippen molar-refractivity contribution >= 4 is 21.6 Å². The fourth-order valence-electron chi connectivity index (χ4n) is 2.78. The first kappa shape index (κ1) is 19.7. The van der Waals surface area contributed by atoms with E-state index in [0.29, 0.717) is 37.7 Å². The Labute approximate surface area is 149 Å². The van der Waals surface area contributed by atoms with Crippen molar-refractivity contribution in [3.8, 4) is 5.75 Å². The maximum absolute atomic E-state index is 12.8. The average molecular weight is 370 g/mol. The molecule has 0 unspecified atom stereocenters. The largest absolute Gasteiger partial charge is 0.495 e. The van der Waals surface area contributed by atoms with Gasteiger partial charge in [0.25, 0.3) is 0 Å². The van der Waals surface area contributed by atoms with Gasteiger partial charge >= 0.3 is 0 Å². The van der Waals surface area contributed by atoms with Crippen LogP contribution in [0.15, 0.2) is 23.1 Å². The van der Waals surface area contributed by atoms with Gasteiger partial charge in [0.15, 0.2) is 0 Å². The molecule has 1 aromatic carbocycles. The number of morpholine rings is 1. The van der Waals surface area contributed by atoms with E-state index < -0.39 is 10.0 Å². The van der Waals surface area contributed by atoms with Gasteiger partial charge in [-0.15, -0.1) is 0 Å². The average Bonchev–Trinajstić information content (AvgIpc) is 2.63. The van der Waals surface area contributed by atoms with Crippen LogP contribution in [-0.4, -0.2) is 52.0 Å². The summed E-state index contributed by atoms with van der Waals surface area (Å²) < 4.78 is 37.4. The van der Waals surface area contributed by atoms with Crippen LogP contribution in [0.5, 0.6) is 5.75 Å². The van der Waals surface area contributed by atoms with Crippen LogP contribution >= 0.6 is 0 Å². The number of sulfonamides is 1. The number of hydrogen-bond acceptors (Lipinski definition) is 5. The molecule has 0 aromatic heterocycles. The van der Waals surface area contributed by atoms with Crippen molar-refractivity contribution in [3.05, 3.63) is 18.2 Å². The minimum Gasteiger partial charge on any atom is -0.495 e. The lowest BCUT2D eigenvalue weighted by Crippen LogP contribution is -2.40. The number of amides is 1. The van der Waals surface area contributed by atoms with E-state index in [4.69, 9.17) is 9.47 Å². The van der Waals surface area contributed by atoms with Crippen LogP contribution in [0.3, 0.4) is 0 Å². The number of methoxy groups -OCH3 is 1. The molecule has 1 amide bonds. The maximum Gasteiger partial charge on any atom is 0.243 e. The third kappa shape index (κ3) is 4.50. The van der Waals surface area contributed by atoms with Crippen LogP contribution < -0.4 is 10.1 Å². The highest BCUT2D eigenvalue weighted by atomic mass is 32.2. The molecule has 0 spiro atoms. The van der Waals surface area contributed by atoms with Gasteiger partial charge in [0.1, 0.15) is 5.75 Å². The summed E-state index contributed by atoms with van der Waals surface area (Å²) in [6.07, 6.45) is 1.44. The van der Waals surface area contributed by atoms with Gasteiger partial charge in [0, 0.05) is 19.0 Å². The van der Waals surface area contributed by atoms with Crippen LogP contribution in [0.2, 0.25) is 0 Å². The lowest BCUT2D eigenvalue weighted by atomic mass is 10.0. The molecule has 25 heavy (non-hydrogen) atoms. The van der Waals surface area contributed by atoms with E-state index in [1.165, 1.54) is 23.5 Å². The summed E-state index contributed by atoms with van der Waals surface area (Å²) >= 11 is 0. The maximum atomic E-state index is 12.8. The van der Waals surface area contributed by atoms with Crippen LogP contribution in [0.4, 0.5) is 5.69 Å². The minimum absolute atomic E-state index is 0.121. The van der Waals surface area contributed by atoms with Crippen LogP contribution in [0, 0.1) is 5.92 Å². The summed E-state index contributed by atoms with van der Waals surface area (Å²) in [6.45, 7) is 5.31. The lowest BCUT2D eigenvalue weighted by molar-refractivity contribution is -0.120. The second kappa shape index (κ2) is 8.64. The van der Waals surface area contributed by atoms with Crippen molar-refractivity contribution < 1.29 is 22.7 Å². The Bertz CT molecular complexity index is 695. The van der Waals surface area contributed by atoms with Crippen molar-refractivity contribution in [1.29, 1.82) is 0 Å². The SMILES string of the molecule is CCC(CC)C(=O)Nc1cc(S(=O)(=O)N2CCOCC2)ccc1OC. The molecule has 2 rings (SSSR count). The van der Waals surface area contributed by atoms with Gasteiger partial charge in [0.05, 0.1) is 30.9 Å². The summed E-state index contributed by atoms with van der Waals surface area (Å²) in [5.74, 6) is 0.175. The second-order valence-electron chi connectivity index (χ2n) is 5.88. The number of ether oxygens (including phenoxy) is 2. The molecule has 1 aromatic rings. The van der Waals surface area contributed by atoms with Crippen LogP contribution in [0.1, 0.15) is 26.7 Å². The smallest absolute Gasteiger partial charge is 0.243 e. The number of hydrogen-bond donors (Lipinski definition) is 1. The molecule has 1 fully saturated rings. The Kier molecular flexibility index (Phi) is 6.80. The molecular formula is C17H26N2O5S. The highest BCUT2D eigenvalue weighted by molar-refractivity contribution is 7.89. The van der Waals surface area contributed by atoms with Gasteiger partial charge in [-0.25, -0.2) is 8.42 Å². The Balaban J connectivity index is 2.31. The fourth-order valence-corrected chi connectivity index (χ4v) is 4.21. The molecule has 1 aliphatic heterocycles. The van der Waals surface area contributed by atoms with Crippen LogP contribution in [0.25, 0.3) is 0 Å². The Morgan fingerprint density at radius 1 is 1.28 bits per heavy atom. The minimum atomic E-state index is -3.63. The predicted molar refractivity (Wildman–Crippen MR) is 95.3 cm³/mol. The van der Waals surface area contributed by atoms with Crippen LogP contribution in [-0.2, 0) is 19.6 Å². The van der Waals surface area contributed by atoms with E-state index in [2.05, 4.69) is 5.32 Å². The third-order valence-corrected chi connectivity index (χ3v) is 6.29. The number of rotatable bonds is 7. The van der Waals surface area contributed by atoms with Crippen molar-refractivity contribution in [3.63, 3.8) is 0 Å². The zero-order valence-electron chi connectivity index (χ0n) is 14.9. The standard InChI is InChI=1S/C17H26N2O5S/c1-4-13(5-2)17(20)18-15-12-14(6-7-16(15)23-3)25(21,22)19-8-10-24-11-9-19/h6-7,12-13H,4-5,8-11H2,1-3H3,(H,18,20). The molecule has 1 N–H and O–H groups in total. The molecule has 1 heterocycles. The zero-order valence-corrected chi connectivity index (χ0v) is 15.8. The molecule has 0 saturated carbocycles. The Morgan fingerprint density at radius 3 is 2.48 bits per heavy atom. The lowest BCUT2D eigenvalue weighted by Gasteiger charge is -2.26. The number of nitrogens with one attached hydrogen (secondary N) is 1. The van der Waals surface area contributed by atoms with E-state index in [-0.39, 0.29) is 16.7 Å². The van der Waals surface area contributed by atoms with E-state index in [1.54, 1.807) is 6.07 Å². The van der Waals surface area contributed by atoms with Gasteiger partial charge in [-0.1, -0.05) is 13.8 Å². The predicted octanol–water partition coefficient (Wildman–Crippen LogP) is 2.09. The van der Waals surface area contributed by atoms with E-state index in [9.17, 15) is 13.2 Å². The molecular weight excluding hydrogens is 344 g/mol. The van der Waals surface area contributed by atoms with Crippen molar-refractivity contribution in [1.82, 2.24) is 4.31 Å². The molecule has 0 radical (unpaired) electrons. The normalized spacial score (nSPS) is 16.0. The Morgan fingerprint density at radius 2 is 1.92 bits per heavy atom. The summed E-state index contributed by atoms with van der Waals surface area (Å²) in [4.78, 5) is 12.5. The number of carbonyl (C=O) groups excluding carboxylic acids is 1. The van der Waals surface area contributed by atoms with Crippen molar-refractivity contribution in [2.45, 2.75) is 31.6 Å². The first-order chi connectivity index (χ1) is 11.9. The summed E-state index contributed by atoms with van der Waals surface area (Å²) in [5.41, 5.74) is 0.369. The summed E-state index contributed by atoms with van der Waals surface area (Å²) in [5, 5.41) is 2.81. The number of nitrogens with zero attached hydrogens (tertiary/aromatic N) is 1. The molecule has 8 heteroatoms. The molecule has 0 bridgehead atoms. The fraction of sp³-hybridized carbons (Fsp3) is 0.588. The zero-order chi connectivity index (χ0) is 18.4. The first-order valence-corrected chi connectivity index (χ1v) is 9.94. The highest BCUT2D eigenvalue weighted by Gasteiger charge is 2.27. The van der Waals surface area contributed by atoms with E-state index >= 15 is 0 Å². The summed E-state index contributed by atoms with van der Waals surface area (Å²) in [7, 11) is -2.15. The quantitative estimate of drug-likeness (QED) is 0.794. The highest BCUT2D eigenvalue weighted by Crippen LogP contribution is 2.30. The second-order valence-corrected chi connectivity index (χ2v) is 7.82. The molecule has 0 aliphatic carbocycles. The van der Waals surface area contributed by atoms with Crippen molar-refractivity contribution in [2.75, 3.05) is 38.7 Å².